The molecule has 1 saturated carbocycles. The van der Waals surface area contributed by atoms with E-state index in [1.807, 2.05) is 17.5 Å². The summed E-state index contributed by atoms with van der Waals surface area (Å²) in [7, 11) is 0. The Morgan fingerprint density at radius 1 is 1.50 bits per heavy atom. The average Bonchev–Trinajstić information content (AvgIpc) is 2.83. The second-order valence-corrected chi connectivity index (χ2v) is 4.75. The lowest BCUT2D eigenvalue weighted by Gasteiger charge is -2.31. The predicted molar refractivity (Wildman–Crippen MR) is 58.0 cm³/mol. The molecule has 0 unspecified atom stereocenters. The van der Waals surface area contributed by atoms with Crippen LogP contribution in [0, 0.1) is 11.8 Å². The Kier molecular flexibility index (Phi) is 1.71. The zero-order valence-corrected chi connectivity index (χ0v) is 8.46. The summed E-state index contributed by atoms with van der Waals surface area (Å²) in [5.74, 6) is 1.05. The van der Waals surface area contributed by atoms with Crippen molar-refractivity contribution in [2.24, 2.45) is 11.8 Å². The summed E-state index contributed by atoms with van der Waals surface area (Å²) in [6, 6.07) is 4.07. The summed E-state index contributed by atoms with van der Waals surface area (Å²) in [6.45, 7) is 0. The molecular weight excluding hydrogens is 192 g/mol. The van der Waals surface area contributed by atoms with E-state index in [0.717, 1.165) is 12.0 Å². The van der Waals surface area contributed by atoms with Crippen LogP contribution in [0.3, 0.4) is 0 Å². The molecule has 70 valence electrons. The lowest BCUT2D eigenvalue weighted by Crippen LogP contribution is -2.36. The molecule has 0 amide bonds. The number of carbonyl (C=O) groups excluding carboxylic acids is 1. The number of rotatable bonds is 1. The van der Waals surface area contributed by atoms with Gasteiger partial charge >= 0.3 is 0 Å². The summed E-state index contributed by atoms with van der Waals surface area (Å²) < 4.78 is 0. The first-order valence-electron chi connectivity index (χ1n) is 4.82. The van der Waals surface area contributed by atoms with Gasteiger partial charge in [-0.1, -0.05) is 18.2 Å². The van der Waals surface area contributed by atoms with Gasteiger partial charge < -0.3 is 0 Å². The molecule has 1 nitrogen and oxygen atoms in total. The largest absolute Gasteiger partial charge is 0.294 e. The van der Waals surface area contributed by atoms with Crippen molar-refractivity contribution < 1.29 is 4.79 Å². The molecule has 0 aliphatic heterocycles. The van der Waals surface area contributed by atoms with E-state index in [0.29, 0.717) is 11.7 Å². The highest BCUT2D eigenvalue weighted by Gasteiger charge is 2.44. The summed E-state index contributed by atoms with van der Waals surface area (Å²) in [5.41, 5.74) is 1.01. The number of carbonyl (C=O) groups is 1. The highest BCUT2D eigenvalue weighted by molar-refractivity contribution is 7.10. The molecule has 0 radical (unpaired) electrons. The fourth-order valence-electron chi connectivity index (χ4n) is 2.22. The number of fused-ring (bicyclic) bond motifs is 1. The van der Waals surface area contributed by atoms with E-state index in [1.165, 1.54) is 4.88 Å². The Labute approximate surface area is 86.8 Å². The van der Waals surface area contributed by atoms with Crippen LogP contribution in [0.15, 0.2) is 35.2 Å². The Hall–Kier alpha value is -1.15. The number of ketones is 1. The SMILES string of the molecule is O=C1/C(=C\c2cccs2)[C@@H]2C=CC[C@H]12. The molecule has 0 N–H and O–H groups in total. The standard InChI is InChI=1S/C12H10OS/c13-12-10-5-1-4-9(10)11(12)7-8-3-2-6-14-8/h1-4,6-7,9-10H,5H2/b11-7-/t9-,10+/m1/s1. The van der Waals surface area contributed by atoms with Gasteiger partial charge in [-0.15, -0.1) is 11.3 Å². The number of hydrogen-bond acceptors (Lipinski definition) is 2. The van der Waals surface area contributed by atoms with E-state index in [1.54, 1.807) is 11.3 Å². The summed E-state index contributed by atoms with van der Waals surface area (Å²) >= 11 is 1.68. The normalized spacial score (nSPS) is 32.0. The molecule has 3 rings (SSSR count). The van der Waals surface area contributed by atoms with Crippen LogP contribution in [0.5, 0.6) is 0 Å². The Morgan fingerprint density at radius 2 is 2.43 bits per heavy atom. The highest BCUT2D eigenvalue weighted by Crippen LogP contribution is 2.44. The van der Waals surface area contributed by atoms with E-state index in [9.17, 15) is 4.79 Å². The van der Waals surface area contributed by atoms with Gasteiger partial charge in [0.15, 0.2) is 5.78 Å². The quantitative estimate of drug-likeness (QED) is 0.505. The first-order chi connectivity index (χ1) is 6.86. The molecule has 2 heteroatoms. The molecule has 1 aromatic heterocycles. The van der Waals surface area contributed by atoms with Gasteiger partial charge in [0.05, 0.1) is 0 Å². The highest BCUT2D eigenvalue weighted by atomic mass is 32.1. The van der Waals surface area contributed by atoms with Crippen molar-refractivity contribution in [3.05, 3.63) is 40.1 Å². The maximum atomic E-state index is 11.7. The van der Waals surface area contributed by atoms with Gasteiger partial charge in [-0.3, -0.25) is 4.79 Å². The van der Waals surface area contributed by atoms with Crippen LogP contribution in [-0.2, 0) is 4.79 Å². The maximum absolute atomic E-state index is 11.7. The zero-order chi connectivity index (χ0) is 9.54. The minimum Gasteiger partial charge on any atom is -0.294 e. The third-order valence-corrected chi connectivity index (χ3v) is 3.81. The van der Waals surface area contributed by atoms with Crippen LogP contribution in [-0.4, -0.2) is 5.78 Å². The molecule has 0 bridgehead atoms. The summed E-state index contributed by atoms with van der Waals surface area (Å²) in [4.78, 5) is 12.9. The van der Waals surface area contributed by atoms with Gasteiger partial charge in [-0.2, -0.15) is 0 Å². The van der Waals surface area contributed by atoms with E-state index < -0.39 is 0 Å². The third kappa shape index (κ3) is 1.04. The summed E-state index contributed by atoms with van der Waals surface area (Å²) in [6.07, 6.45) is 7.29. The lowest BCUT2D eigenvalue weighted by molar-refractivity contribution is -0.124. The second kappa shape index (κ2) is 2.92. The van der Waals surface area contributed by atoms with E-state index in [4.69, 9.17) is 0 Å². The topological polar surface area (TPSA) is 17.1 Å². The smallest absolute Gasteiger partial charge is 0.163 e. The summed E-state index contributed by atoms with van der Waals surface area (Å²) in [5, 5.41) is 2.04. The molecule has 0 spiro atoms. The molecule has 0 aromatic carbocycles. The van der Waals surface area contributed by atoms with Crippen LogP contribution in [0.2, 0.25) is 0 Å². The Morgan fingerprint density at radius 3 is 3.21 bits per heavy atom. The molecule has 2 aliphatic carbocycles. The van der Waals surface area contributed by atoms with Gasteiger partial charge in [0.25, 0.3) is 0 Å². The van der Waals surface area contributed by atoms with Crippen molar-refractivity contribution in [1.82, 2.24) is 0 Å². The first-order valence-corrected chi connectivity index (χ1v) is 5.70. The molecule has 0 saturated heterocycles. The second-order valence-electron chi connectivity index (χ2n) is 3.78. The van der Waals surface area contributed by atoms with Crippen LogP contribution in [0.4, 0.5) is 0 Å². The first kappa shape index (κ1) is 8.18. The molecule has 2 atom stereocenters. The van der Waals surface area contributed by atoms with Gasteiger partial charge in [-0.05, 0) is 23.9 Å². The molecule has 14 heavy (non-hydrogen) atoms. The molecule has 2 aliphatic rings. The van der Waals surface area contributed by atoms with Crippen LogP contribution < -0.4 is 0 Å². The van der Waals surface area contributed by atoms with Gasteiger partial charge in [0.1, 0.15) is 0 Å². The predicted octanol–water partition coefficient (Wildman–Crippen LogP) is 2.91. The number of allylic oxidation sites excluding steroid dienone is 3. The minimum atomic E-state index is 0.279. The molecular formula is C12H10OS. The van der Waals surface area contributed by atoms with Gasteiger partial charge in [0, 0.05) is 22.3 Å². The third-order valence-electron chi connectivity index (χ3n) is 2.99. The van der Waals surface area contributed by atoms with E-state index >= 15 is 0 Å². The number of hydrogen-bond donors (Lipinski definition) is 0. The van der Waals surface area contributed by atoms with Crippen LogP contribution in [0.1, 0.15) is 11.3 Å². The van der Waals surface area contributed by atoms with Crippen molar-refractivity contribution in [2.45, 2.75) is 6.42 Å². The van der Waals surface area contributed by atoms with E-state index in [2.05, 4.69) is 18.2 Å². The maximum Gasteiger partial charge on any atom is 0.163 e. The fraction of sp³-hybridized carbons (Fsp3) is 0.250. The van der Waals surface area contributed by atoms with Crippen molar-refractivity contribution in [2.75, 3.05) is 0 Å². The van der Waals surface area contributed by atoms with Crippen molar-refractivity contribution in [1.29, 1.82) is 0 Å². The van der Waals surface area contributed by atoms with Crippen LogP contribution >= 0.6 is 11.3 Å². The van der Waals surface area contributed by atoms with Crippen molar-refractivity contribution >= 4 is 23.2 Å². The number of Topliss-reactive ketones (excluding diaryl/α,β-unsaturated/α-hetero) is 1. The number of thiophene rings is 1. The average molecular weight is 202 g/mol. The Balaban J connectivity index is 1.93. The molecule has 1 heterocycles. The molecule has 1 fully saturated rings. The van der Waals surface area contributed by atoms with Gasteiger partial charge in [0.2, 0.25) is 0 Å². The Bertz CT molecular complexity index is 425. The van der Waals surface area contributed by atoms with Crippen molar-refractivity contribution in [3.63, 3.8) is 0 Å². The fourth-order valence-corrected chi connectivity index (χ4v) is 2.89. The molecule has 1 aromatic rings. The van der Waals surface area contributed by atoms with Crippen LogP contribution in [0.25, 0.3) is 6.08 Å². The monoisotopic (exact) mass is 202 g/mol. The lowest BCUT2D eigenvalue weighted by atomic mass is 9.70. The van der Waals surface area contributed by atoms with Gasteiger partial charge in [-0.25, -0.2) is 0 Å². The zero-order valence-electron chi connectivity index (χ0n) is 7.64. The van der Waals surface area contributed by atoms with Crippen molar-refractivity contribution in [3.8, 4) is 0 Å². The minimum absolute atomic E-state index is 0.279. The van der Waals surface area contributed by atoms with E-state index in [-0.39, 0.29) is 5.92 Å².